The molecule has 1 aliphatic carbocycles. The van der Waals surface area contributed by atoms with Gasteiger partial charge in [0, 0.05) is 11.4 Å². The first-order valence-corrected chi connectivity index (χ1v) is 11.2. The maximum absolute atomic E-state index is 13.2. The van der Waals surface area contributed by atoms with E-state index in [9.17, 15) is 14.4 Å². The Hall–Kier alpha value is -1.99. The summed E-state index contributed by atoms with van der Waals surface area (Å²) in [6.45, 7) is 4.45. The van der Waals surface area contributed by atoms with Crippen LogP contribution in [-0.4, -0.2) is 54.2 Å². The van der Waals surface area contributed by atoms with Crippen LogP contribution in [0.25, 0.3) is 0 Å². The van der Waals surface area contributed by atoms with Crippen molar-refractivity contribution in [3.8, 4) is 0 Å². The molecule has 3 amide bonds. The minimum atomic E-state index is -0.744. The summed E-state index contributed by atoms with van der Waals surface area (Å²) in [6, 6.07) is 3.36. The number of amides is 3. The van der Waals surface area contributed by atoms with Gasteiger partial charge in [-0.15, -0.1) is 11.3 Å². The van der Waals surface area contributed by atoms with Crippen molar-refractivity contribution in [3.05, 3.63) is 34.5 Å². The standard InChI is InChI=1S/C22H31N3O3S/c1-14(2)12-17(25-21(27)15-8-5-6-9-16(15)22(25)28)20(26)23-13-18(24(3)4)19-10-7-11-29-19/h5-7,10-11,14-18H,8-9,12-13H2,1-4H3,(H,23,26). The van der Waals surface area contributed by atoms with Gasteiger partial charge in [-0.2, -0.15) is 0 Å². The summed E-state index contributed by atoms with van der Waals surface area (Å²) in [6.07, 6.45) is 5.58. The Bertz CT molecular complexity index is 746. The Morgan fingerprint density at radius 3 is 2.31 bits per heavy atom. The Balaban J connectivity index is 1.75. The van der Waals surface area contributed by atoms with Gasteiger partial charge in [-0.3, -0.25) is 19.3 Å². The number of thiophene rings is 1. The van der Waals surface area contributed by atoms with Crippen molar-refractivity contribution in [1.29, 1.82) is 0 Å². The molecule has 3 rings (SSSR count). The van der Waals surface area contributed by atoms with Gasteiger partial charge in [-0.05, 0) is 50.7 Å². The molecule has 6 nitrogen and oxygen atoms in total. The second kappa shape index (κ2) is 9.22. The fourth-order valence-electron chi connectivity index (χ4n) is 4.24. The van der Waals surface area contributed by atoms with Crippen LogP contribution in [0.3, 0.4) is 0 Å². The SMILES string of the molecule is CC(C)CC(C(=O)NCC(c1cccs1)N(C)C)N1C(=O)C2CC=CCC2C1=O. The van der Waals surface area contributed by atoms with E-state index in [2.05, 4.69) is 16.3 Å². The van der Waals surface area contributed by atoms with Crippen LogP contribution >= 0.6 is 11.3 Å². The highest BCUT2D eigenvalue weighted by Gasteiger charge is 2.51. The lowest BCUT2D eigenvalue weighted by Crippen LogP contribution is -2.51. The highest BCUT2D eigenvalue weighted by molar-refractivity contribution is 7.10. The molecule has 29 heavy (non-hydrogen) atoms. The van der Waals surface area contributed by atoms with Gasteiger partial charge >= 0.3 is 0 Å². The number of imide groups is 1. The van der Waals surface area contributed by atoms with Crippen molar-refractivity contribution in [2.24, 2.45) is 17.8 Å². The number of allylic oxidation sites excluding steroid dienone is 2. The molecule has 2 heterocycles. The van der Waals surface area contributed by atoms with Crippen molar-refractivity contribution in [2.75, 3.05) is 20.6 Å². The molecule has 7 heteroatoms. The van der Waals surface area contributed by atoms with E-state index in [0.29, 0.717) is 25.8 Å². The smallest absolute Gasteiger partial charge is 0.243 e. The van der Waals surface area contributed by atoms with Crippen LogP contribution in [0.5, 0.6) is 0 Å². The lowest BCUT2D eigenvalue weighted by Gasteiger charge is -2.29. The topological polar surface area (TPSA) is 69.7 Å². The average molecular weight is 418 g/mol. The largest absolute Gasteiger partial charge is 0.352 e. The number of fused-ring (bicyclic) bond motifs is 1. The molecule has 1 N–H and O–H groups in total. The summed E-state index contributed by atoms with van der Waals surface area (Å²) in [7, 11) is 3.96. The predicted molar refractivity (Wildman–Crippen MR) is 114 cm³/mol. The van der Waals surface area contributed by atoms with Gasteiger partial charge in [-0.25, -0.2) is 0 Å². The number of carbonyl (C=O) groups is 3. The zero-order chi connectivity index (χ0) is 21.1. The summed E-state index contributed by atoms with van der Waals surface area (Å²) in [5.74, 6) is -1.05. The van der Waals surface area contributed by atoms with Gasteiger partial charge in [0.05, 0.1) is 17.9 Å². The number of hydrogen-bond donors (Lipinski definition) is 1. The van der Waals surface area contributed by atoms with Crippen LogP contribution in [-0.2, 0) is 14.4 Å². The average Bonchev–Trinajstić information content (AvgIpc) is 3.28. The number of nitrogens with zero attached hydrogens (tertiary/aromatic N) is 2. The predicted octanol–water partition coefficient (Wildman–Crippen LogP) is 2.83. The van der Waals surface area contributed by atoms with Crippen LogP contribution in [0.15, 0.2) is 29.7 Å². The molecule has 2 aliphatic rings. The Kier molecular flexibility index (Phi) is 6.90. The molecular weight excluding hydrogens is 386 g/mol. The molecular formula is C22H31N3O3S. The van der Waals surface area contributed by atoms with E-state index >= 15 is 0 Å². The van der Waals surface area contributed by atoms with Crippen LogP contribution < -0.4 is 5.32 Å². The molecule has 1 saturated heterocycles. The maximum atomic E-state index is 13.2. The van der Waals surface area contributed by atoms with Gasteiger partial charge in [0.2, 0.25) is 17.7 Å². The zero-order valence-corrected chi connectivity index (χ0v) is 18.4. The minimum Gasteiger partial charge on any atom is -0.352 e. The van der Waals surface area contributed by atoms with Gasteiger partial charge in [0.1, 0.15) is 6.04 Å². The molecule has 1 fully saturated rings. The molecule has 0 aromatic carbocycles. The summed E-state index contributed by atoms with van der Waals surface area (Å²) < 4.78 is 0. The summed E-state index contributed by atoms with van der Waals surface area (Å²) in [4.78, 5) is 43.7. The Labute approximate surface area is 176 Å². The lowest BCUT2D eigenvalue weighted by atomic mass is 9.85. The fraction of sp³-hybridized carbons (Fsp3) is 0.591. The van der Waals surface area contributed by atoms with Crippen LogP contribution in [0.2, 0.25) is 0 Å². The minimum absolute atomic E-state index is 0.0513. The summed E-state index contributed by atoms with van der Waals surface area (Å²) >= 11 is 1.65. The second-order valence-corrected chi connectivity index (χ2v) is 9.57. The monoisotopic (exact) mass is 417 g/mol. The fourth-order valence-corrected chi connectivity index (χ4v) is 5.17. The van der Waals surface area contributed by atoms with E-state index in [4.69, 9.17) is 0 Å². The number of likely N-dealkylation sites (N-methyl/N-ethyl adjacent to an activating group) is 1. The third kappa shape index (κ3) is 4.61. The van der Waals surface area contributed by atoms with E-state index in [-0.39, 0.29) is 41.5 Å². The van der Waals surface area contributed by atoms with Crippen LogP contribution in [0, 0.1) is 17.8 Å². The van der Waals surface area contributed by atoms with E-state index in [0.717, 1.165) is 0 Å². The quantitative estimate of drug-likeness (QED) is 0.522. The number of nitrogens with one attached hydrogen (secondary N) is 1. The van der Waals surface area contributed by atoms with Crippen molar-refractivity contribution in [3.63, 3.8) is 0 Å². The maximum Gasteiger partial charge on any atom is 0.243 e. The highest BCUT2D eigenvalue weighted by atomic mass is 32.1. The second-order valence-electron chi connectivity index (χ2n) is 8.59. The lowest BCUT2D eigenvalue weighted by molar-refractivity contribution is -0.148. The Morgan fingerprint density at radius 1 is 1.21 bits per heavy atom. The third-order valence-electron chi connectivity index (χ3n) is 5.82. The third-order valence-corrected chi connectivity index (χ3v) is 6.79. The normalized spacial score (nSPS) is 23.6. The molecule has 0 spiro atoms. The molecule has 4 unspecified atom stereocenters. The first kappa shape index (κ1) is 21.7. The molecule has 1 aromatic heterocycles. The Morgan fingerprint density at radius 2 is 1.83 bits per heavy atom. The van der Waals surface area contributed by atoms with Gasteiger partial charge in [-0.1, -0.05) is 32.1 Å². The van der Waals surface area contributed by atoms with Crippen molar-refractivity contribution in [1.82, 2.24) is 15.1 Å². The van der Waals surface area contributed by atoms with Gasteiger partial charge in [0.15, 0.2) is 0 Å². The number of carbonyl (C=O) groups excluding carboxylic acids is 3. The highest BCUT2D eigenvalue weighted by Crippen LogP contribution is 2.37. The van der Waals surface area contributed by atoms with Crippen molar-refractivity contribution < 1.29 is 14.4 Å². The van der Waals surface area contributed by atoms with Gasteiger partial charge in [0.25, 0.3) is 0 Å². The van der Waals surface area contributed by atoms with Crippen LogP contribution in [0.1, 0.15) is 44.0 Å². The van der Waals surface area contributed by atoms with E-state index in [1.165, 1.54) is 9.78 Å². The van der Waals surface area contributed by atoms with Crippen LogP contribution in [0.4, 0.5) is 0 Å². The molecule has 0 radical (unpaired) electrons. The first-order chi connectivity index (χ1) is 13.8. The molecule has 0 bridgehead atoms. The zero-order valence-electron chi connectivity index (χ0n) is 17.6. The number of rotatable bonds is 8. The van der Waals surface area contributed by atoms with Crippen molar-refractivity contribution >= 4 is 29.1 Å². The van der Waals surface area contributed by atoms with E-state index in [1.807, 2.05) is 51.5 Å². The number of likely N-dealkylation sites (tertiary alicyclic amines) is 1. The summed E-state index contributed by atoms with van der Waals surface area (Å²) in [5, 5.41) is 5.04. The number of hydrogen-bond acceptors (Lipinski definition) is 5. The van der Waals surface area contributed by atoms with E-state index in [1.54, 1.807) is 11.3 Å². The summed E-state index contributed by atoms with van der Waals surface area (Å²) in [5.41, 5.74) is 0. The first-order valence-electron chi connectivity index (χ1n) is 10.3. The van der Waals surface area contributed by atoms with E-state index < -0.39 is 6.04 Å². The van der Waals surface area contributed by atoms with Gasteiger partial charge < -0.3 is 10.2 Å². The molecule has 0 saturated carbocycles. The molecule has 1 aliphatic heterocycles. The van der Waals surface area contributed by atoms with Crippen molar-refractivity contribution in [2.45, 2.75) is 45.2 Å². The molecule has 158 valence electrons. The molecule has 1 aromatic rings. The molecule has 4 atom stereocenters.